The monoisotopic (exact) mass is 139 g/mol. The Morgan fingerprint density at radius 1 is 1.70 bits per heavy atom. The van der Waals surface area contributed by atoms with Gasteiger partial charge in [0.2, 0.25) is 0 Å². The lowest BCUT2D eigenvalue weighted by Crippen LogP contribution is -2.01. The average Bonchev–Trinajstić information content (AvgIpc) is 1.89. The van der Waals surface area contributed by atoms with Gasteiger partial charge < -0.3 is 11.5 Å². The standard InChI is InChI=1S/C7H13N3/c1-6(3-4-8)7(9)5-10-2/h3,5H,2,4,8-9H2,1H3/b6-3-,7-5+. The Labute approximate surface area is 61.1 Å². The summed E-state index contributed by atoms with van der Waals surface area (Å²) < 4.78 is 0. The predicted molar refractivity (Wildman–Crippen MR) is 44.6 cm³/mol. The molecule has 0 aromatic rings. The minimum atomic E-state index is 0.498. The van der Waals surface area contributed by atoms with Crippen LogP contribution in [0.2, 0.25) is 0 Å². The fourth-order valence-corrected chi connectivity index (χ4v) is 0.495. The molecule has 0 saturated carbocycles. The van der Waals surface area contributed by atoms with Crippen LogP contribution < -0.4 is 11.5 Å². The average molecular weight is 139 g/mol. The molecule has 0 unspecified atom stereocenters. The highest BCUT2D eigenvalue weighted by Crippen LogP contribution is 2.00. The summed E-state index contributed by atoms with van der Waals surface area (Å²) in [5.41, 5.74) is 12.3. The SMILES string of the molecule is C=N/C=C(N)\C(C)=C/CN. The third-order valence-corrected chi connectivity index (χ3v) is 1.11. The Balaban J connectivity index is 4.19. The zero-order valence-electron chi connectivity index (χ0n) is 6.17. The van der Waals surface area contributed by atoms with Crippen LogP contribution >= 0.6 is 0 Å². The van der Waals surface area contributed by atoms with Crippen molar-refractivity contribution in [1.29, 1.82) is 0 Å². The van der Waals surface area contributed by atoms with Crippen molar-refractivity contribution in [2.75, 3.05) is 6.54 Å². The second kappa shape index (κ2) is 4.76. The van der Waals surface area contributed by atoms with Crippen molar-refractivity contribution in [3.63, 3.8) is 0 Å². The molecule has 0 bridgehead atoms. The molecule has 3 heteroatoms. The van der Waals surface area contributed by atoms with Crippen LogP contribution in [0.15, 0.2) is 28.5 Å². The number of hydrogen-bond acceptors (Lipinski definition) is 3. The quantitative estimate of drug-likeness (QED) is 0.439. The van der Waals surface area contributed by atoms with Gasteiger partial charge in [-0.1, -0.05) is 6.08 Å². The largest absolute Gasteiger partial charge is 0.397 e. The molecule has 0 aliphatic rings. The maximum atomic E-state index is 5.52. The zero-order chi connectivity index (χ0) is 7.98. The van der Waals surface area contributed by atoms with Crippen molar-refractivity contribution in [2.24, 2.45) is 16.5 Å². The fourth-order valence-electron chi connectivity index (χ4n) is 0.495. The lowest BCUT2D eigenvalue weighted by atomic mass is 10.2. The Kier molecular flexibility index (Phi) is 4.24. The van der Waals surface area contributed by atoms with E-state index in [1.807, 2.05) is 13.0 Å². The van der Waals surface area contributed by atoms with Crippen molar-refractivity contribution < 1.29 is 0 Å². The molecule has 0 amide bonds. The van der Waals surface area contributed by atoms with E-state index in [1.165, 1.54) is 6.20 Å². The molecule has 0 spiro atoms. The van der Waals surface area contributed by atoms with Crippen LogP contribution in [0.25, 0.3) is 0 Å². The van der Waals surface area contributed by atoms with E-state index in [2.05, 4.69) is 11.7 Å². The highest BCUT2D eigenvalue weighted by atomic mass is 14.7. The van der Waals surface area contributed by atoms with E-state index in [9.17, 15) is 0 Å². The van der Waals surface area contributed by atoms with Gasteiger partial charge in [0.1, 0.15) is 0 Å². The van der Waals surface area contributed by atoms with Gasteiger partial charge in [0, 0.05) is 12.7 Å². The van der Waals surface area contributed by atoms with E-state index in [1.54, 1.807) is 0 Å². The number of allylic oxidation sites excluding steroid dienone is 1. The first-order chi connectivity index (χ1) is 4.72. The highest BCUT2D eigenvalue weighted by Gasteiger charge is 1.89. The van der Waals surface area contributed by atoms with Gasteiger partial charge in [-0.25, -0.2) is 0 Å². The van der Waals surface area contributed by atoms with E-state index in [0.717, 1.165) is 5.57 Å². The van der Waals surface area contributed by atoms with Crippen LogP contribution in [0, 0.1) is 0 Å². The highest BCUT2D eigenvalue weighted by molar-refractivity contribution is 5.31. The molecule has 0 rings (SSSR count). The van der Waals surface area contributed by atoms with Gasteiger partial charge in [-0.15, -0.1) is 0 Å². The molecular formula is C7H13N3. The smallest absolute Gasteiger partial charge is 0.0526 e. The number of nitrogens with zero attached hydrogens (tertiary/aromatic N) is 1. The van der Waals surface area contributed by atoms with Gasteiger partial charge in [0.05, 0.1) is 5.70 Å². The second-order valence-electron chi connectivity index (χ2n) is 1.89. The Morgan fingerprint density at radius 3 is 2.70 bits per heavy atom. The molecule has 0 aliphatic carbocycles. The summed E-state index contributed by atoms with van der Waals surface area (Å²) in [4.78, 5) is 3.52. The topological polar surface area (TPSA) is 64.4 Å². The van der Waals surface area contributed by atoms with E-state index < -0.39 is 0 Å². The second-order valence-corrected chi connectivity index (χ2v) is 1.89. The van der Waals surface area contributed by atoms with Gasteiger partial charge >= 0.3 is 0 Å². The summed E-state index contributed by atoms with van der Waals surface area (Å²) in [6.07, 6.45) is 3.33. The molecule has 3 nitrogen and oxygen atoms in total. The lowest BCUT2D eigenvalue weighted by molar-refractivity contribution is 1.18. The van der Waals surface area contributed by atoms with E-state index >= 15 is 0 Å². The summed E-state index contributed by atoms with van der Waals surface area (Å²) >= 11 is 0. The normalized spacial score (nSPS) is 13.4. The summed E-state index contributed by atoms with van der Waals surface area (Å²) in [7, 11) is 0. The molecule has 0 saturated heterocycles. The van der Waals surface area contributed by atoms with Gasteiger partial charge in [-0.2, -0.15) is 0 Å². The molecule has 0 aliphatic heterocycles. The number of hydrogen-bond donors (Lipinski definition) is 2. The van der Waals surface area contributed by atoms with Crippen molar-refractivity contribution >= 4 is 6.72 Å². The van der Waals surface area contributed by atoms with Crippen LogP contribution in [0.4, 0.5) is 0 Å². The lowest BCUT2D eigenvalue weighted by Gasteiger charge is -1.97. The predicted octanol–water partition coefficient (Wildman–Crippen LogP) is 0.392. The van der Waals surface area contributed by atoms with Crippen molar-refractivity contribution in [2.45, 2.75) is 6.92 Å². The van der Waals surface area contributed by atoms with Crippen LogP contribution in [-0.2, 0) is 0 Å². The Morgan fingerprint density at radius 2 is 2.30 bits per heavy atom. The van der Waals surface area contributed by atoms with Gasteiger partial charge in [-0.05, 0) is 19.2 Å². The third-order valence-electron chi connectivity index (χ3n) is 1.11. The summed E-state index contributed by atoms with van der Waals surface area (Å²) in [6, 6.07) is 0. The number of rotatable bonds is 3. The van der Waals surface area contributed by atoms with E-state index in [-0.39, 0.29) is 0 Å². The maximum absolute atomic E-state index is 5.52. The minimum absolute atomic E-state index is 0.498. The molecule has 0 fully saturated rings. The minimum Gasteiger partial charge on any atom is -0.397 e. The van der Waals surface area contributed by atoms with Crippen LogP contribution in [-0.4, -0.2) is 13.3 Å². The van der Waals surface area contributed by atoms with Gasteiger partial charge in [0.15, 0.2) is 0 Å². The fraction of sp³-hybridized carbons (Fsp3) is 0.286. The molecule has 4 N–H and O–H groups in total. The molecule has 56 valence electrons. The van der Waals surface area contributed by atoms with Crippen molar-refractivity contribution in [1.82, 2.24) is 0 Å². The molecule has 0 aromatic carbocycles. The first-order valence-corrected chi connectivity index (χ1v) is 3.01. The van der Waals surface area contributed by atoms with E-state index in [4.69, 9.17) is 11.5 Å². The summed E-state index contributed by atoms with van der Waals surface area (Å²) in [6.45, 7) is 5.65. The van der Waals surface area contributed by atoms with Crippen LogP contribution in [0.3, 0.4) is 0 Å². The molecule has 0 radical (unpaired) electrons. The number of nitrogens with two attached hydrogens (primary N) is 2. The molecule has 0 heterocycles. The first-order valence-electron chi connectivity index (χ1n) is 3.01. The Bertz CT molecular complexity index is 168. The zero-order valence-corrected chi connectivity index (χ0v) is 6.17. The van der Waals surface area contributed by atoms with Crippen molar-refractivity contribution in [3.8, 4) is 0 Å². The molecule has 0 aromatic heterocycles. The van der Waals surface area contributed by atoms with Gasteiger partial charge in [0.25, 0.3) is 0 Å². The molecular weight excluding hydrogens is 126 g/mol. The van der Waals surface area contributed by atoms with Crippen LogP contribution in [0.1, 0.15) is 6.92 Å². The van der Waals surface area contributed by atoms with Crippen LogP contribution in [0.5, 0.6) is 0 Å². The number of aliphatic imine (C=N–C) groups is 1. The van der Waals surface area contributed by atoms with Gasteiger partial charge in [-0.3, -0.25) is 4.99 Å². The summed E-state index contributed by atoms with van der Waals surface area (Å²) in [5.74, 6) is 0. The maximum Gasteiger partial charge on any atom is 0.0526 e. The molecule has 10 heavy (non-hydrogen) atoms. The Hall–Kier alpha value is -1.09. The first kappa shape index (κ1) is 8.91. The summed E-state index contributed by atoms with van der Waals surface area (Å²) in [5, 5.41) is 0. The van der Waals surface area contributed by atoms with Crippen molar-refractivity contribution in [3.05, 3.63) is 23.5 Å². The molecule has 0 atom stereocenters. The third kappa shape index (κ3) is 3.04. The van der Waals surface area contributed by atoms with E-state index in [0.29, 0.717) is 12.2 Å².